The van der Waals surface area contributed by atoms with E-state index in [0.29, 0.717) is 18.7 Å². The molecule has 3 aromatic rings. The average molecular weight is 419 g/mol. The molecule has 1 fully saturated rings. The highest BCUT2D eigenvalue weighted by molar-refractivity contribution is 5.94. The number of benzene rings is 2. The van der Waals surface area contributed by atoms with E-state index in [4.69, 9.17) is 4.74 Å². The van der Waals surface area contributed by atoms with E-state index in [9.17, 15) is 4.79 Å². The predicted molar refractivity (Wildman–Crippen MR) is 123 cm³/mol. The molecule has 1 aromatic heterocycles. The summed E-state index contributed by atoms with van der Waals surface area (Å²) in [5.74, 6) is 0.0240. The van der Waals surface area contributed by atoms with Crippen molar-refractivity contribution in [3.63, 3.8) is 0 Å². The zero-order chi connectivity index (χ0) is 21.8. The molecule has 0 radical (unpaired) electrons. The summed E-state index contributed by atoms with van der Waals surface area (Å²) in [7, 11) is 4.05. The molecule has 162 valence electrons. The second-order valence-corrected chi connectivity index (χ2v) is 8.31. The molecule has 0 spiro atoms. The van der Waals surface area contributed by atoms with Crippen LogP contribution in [0.15, 0.2) is 60.8 Å². The van der Waals surface area contributed by atoms with Gasteiger partial charge in [0.05, 0.1) is 11.8 Å². The van der Waals surface area contributed by atoms with Crippen LogP contribution in [0.2, 0.25) is 0 Å². The molecule has 0 aliphatic carbocycles. The minimum atomic E-state index is 0.0240. The molecule has 0 bridgehead atoms. The summed E-state index contributed by atoms with van der Waals surface area (Å²) in [4.78, 5) is 17.4. The summed E-state index contributed by atoms with van der Waals surface area (Å²) >= 11 is 0. The van der Waals surface area contributed by atoms with Gasteiger partial charge in [-0.05, 0) is 67.8 Å². The molecule has 1 unspecified atom stereocenters. The highest BCUT2D eigenvalue weighted by Crippen LogP contribution is 2.20. The largest absolute Gasteiger partial charge is 0.378 e. The minimum absolute atomic E-state index is 0.0240. The number of amides is 1. The number of ether oxygens (including phenoxy) is 1. The van der Waals surface area contributed by atoms with E-state index in [2.05, 4.69) is 34.3 Å². The number of rotatable bonds is 7. The number of aryl methyl sites for hydroxylation is 1. The monoisotopic (exact) mass is 418 g/mol. The average Bonchev–Trinajstić information content (AvgIpc) is 3.45. The topological polar surface area (TPSA) is 50.6 Å². The van der Waals surface area contributed by atoms with Gasteiger partial charge in [0.1, 0.15) is 0 Å². The molecular formula is C25H30N4O2. The van der Waals surface area contributed by atoms with Crippen molar-refractivity contribution in [3.8, 4) is 5.69 Å². The van der Waals surface area contributed by atoms with Crippen LogP contribution < -0.4 is 4.90 Å². The maximum absolute atomic E-state index is 13.4. The van der Waals surface area contributed by atoms with Gasteiger partial charge in [0.25, 0.3) is 5.91 Å². The van der Waals surface area contributed by atoms with Crippen molar-refractivity contribution in [2.24, 2.45) is 0 Å². The number of carbonyl (C=O) groups excluding carboxylic acids is 1. The maximum Gasteiger partial charge on any atom is 0.254 e. The van der Waals surface area contributed by atoms with Gasteiger partial charge in [0.2, 0.25) is 0 Å². The highest BCUT2D eigenvalue weighted by Gasteiger charge is 2.24. The molecule has 2 heterocycles. The third kappa shape index (κ3) is 4.97. The lowest BCUT2D eigenvalue weighted by Crippen LogP contribution is -2.37. The summed E-state index contributed by atoms with van der Waals surface area (Å²) < 4.78 is 7.69. The number of nitrogens with zero attached hydrogens (tertiary/aromatic N) is 4. The SMILES string of the molecule is Cc1ccnn1-c1ccc(C(=O)N(Cc2ccc(N(C)C)cc2)CC2CCCO2)cc1. The summed E-state index contributed by atoms with van der Waals surface area (Å²) in [5, 5.41) is 4.34. The van der Waals surface area contributed by atoms with Crippen LogP contribution in [0.1, 0.15) is 34.5 Å². The Morgan fingerprint density at radius 3 is 2.42 bits per heavy atom. The van der Waals surface area contributed by atoms with E-state index in [1.165, 1.54) is 0 Å². The van der Waals surface area contributed by atoms with E-state index < -0.39 is 0 Å². The Morgan fingerprint density at radius 2 is 1.84 bits per heavy atom. The van der Waals surface area contributed by atoms with E-state index in [-0.39, 0.29) is 12.0 Å². The van der Waals surface area contributed by atoms with Crippen molar-refractivity contribution in [2.75, 3.05) is 32.1 Å². The van der Waals surface area contributed by atoms with Crippen LogP contribution in [0.5, 0.6) is 0 Å². The molecule has 0 N–H and O–H groups in total. The summed E-state index contributed by atoms with van der Waals surface area (Å²) in [5.41, 5.74) is 4.94. The van der Waals surface area contributed by atoms with Crippen molar-refractivity contribution in [2.45, 2.75) is 32.4 Å². The number of aromatic nitrogens is 2. The molecule has 31 heavy (non-hydrogen) atoms. The lowest BCUT2D eigenvalue weighted by Gasteiger charge is -2.26. The second kappa shape index (κ2) is 9.35. The Balaban J connectivity index is 1.53. The Kier molecular flexibility index (Phi) is 6.37. The molecule has 4 rings (SSSR count). The molecule has 1 aliphatic rings. The Labute approximate surface area is 184 Å². The lowest BCUT2D eigenvalue weighted by atomic mass is 10.1. The first-order chi connectivity index (χ1) is 15.0. The van der Waals surface area contributed by atoms with Crippen LogP contribution in [0.25, 0.3) is 5.69 Å². The molecule has 0 saturated carbocycles. The van der Waals surface area contributed by atoms with E-state index >= 15 is 0 Å². The number of carbonyl (C=O) groups is 1. The fourth-order valence-electron chi connectivity index (χ4n) is 3.94. The lowest BCUT2D eigenvalue weighted by molar-refractivity contribution is 0.0507. The molecule has 1 atom stereocenters. The first-order valence-electron chi connectivity index (χ1n) is 10.8. The quantitative estimate of drug-likeness (QED) is 0.580. The van der Waals surface area contributed by atoms with E-state index in [1.807, 2.05) is 60.9 Å². The van der Waals surface area contributed by atoms with Gasteiger partial charge in [-0.25, -0.2) is 4.68 Å². The van der Waals surface area contributed by atoms with Gasteiger partial charge in [-0.3, -0.25) is 4.79 Å². The molecule has 1 amide bonds. The molecule has 6 nitrogen and oxygen atoms in total. The summed E-state index contributed by atoms with van der Waals surface area (Å²) in [6.45, 7) is 3.96. The molecular weight excluding hydrogens is 388 g/mol. The summed E-state index contributed by atoms with van der Waals surface area (Å²) in [6.07, 6.45) is 3.94. The van der Waals surface area contributed by atoms with Gasteiger partial charge in [0, 0.05) is 56.9 Å². The molecule has 2 aromatic carbocycles. The number of hydrogen-bond donors (Lipinski definition) is 0. The first-order valence-corrected chi connectivity index (χ1v) is 10.8. The predicted octanol–water partition coefficient (Wildman–Crippen LogP) is 4.07. The highest BCUT2D eigenvalue weighted by atomic mass is 16.5. The van der Waals surface area contributed by atoms with Crippen molar-refractivity contribution >= 4 is 11.6 Å². The number of anilines is 1. The van der Waals surface area contributed by atoms with Gasteiger partial charge in [-0.2, -0.15) is 5.10 Å². The maximum atomic E-state index is 13.4. The fourth-order valence-corrected chi connectivity index (χ4v) is 3.94. The van der Waals surface area contributed by atoms with Gasteiger partial charge in [-0.15, -0.1) is 0 Å². The Morgan fingerprint density at radius 1 is 1.10 bits per heavy atom. The Bertz CT molecular complexity index is 1000. The second-order valence-electron chi connectivity index (χ2n) is 8.31. The van der Waals surface area contributed by atoms with E-state index in [0.717, 1.165) is 42.1 Å². The standard InChI is InChI=1S/C25H30N4O2/c1-19-14-15-26-29(19)23-12-8-21(9-13-23)25(30)28(18-24-5-4-16-31-24)17-20-6-10-22(11-7-20)27(2)3/h6-15,24H,4-5,16-18H2,1-3H3. The first kappa shape index (κ1) is 21.1. The van der Waals surface area contributed by atoms with Crippen molar-refractivity contribution < 1.29 is 9.53 Å². The van der Waals surface area contributed by atoms with Crippen LogP contribution in [-0.2, 0) is 11.3 Å². The van der Waals surface area contributed by atoms with Crippen molar-refractivity contribution in [1.82, 2.24) is 14.7 Å². The zero-order valence-corrected chi connectivity index (χ0v) is 18.5. The van der Waals surface area contributed by atoms with Crippen LogP contribution >= 0.6 is 0 Å². The van der Waals surface area contributed by atoms with Crippen LogP contribution in [0, 0.1) is 6.92 Å². The van der Waals surface area contributed by atoms with Crippen LogP contribution in [0.3, 0.4) is 0 Å². The van der Waals surface area contributed by atoms with Crippen LogP contribution in [-0.4, -0.2) is 53.9 Å². The minimum Gasteiger partial charge on any atom is -0.378 e. The van der Waals surface area contributed by atoms with E-state index in [1.54, 1.807) is 6.20 Å². The molecule has 1 aliphatic heterocycles. The van der Waals surface area contributed by atoms with Crippen molar-refractivity contribution in [3.05, 3.63) is 77.6 Å². The molecule has 6 heteroatoms. The van der Waals surface area contributed by atoms with Crippen LogP contribution in [0.4, 0.5) is 5.69 Å². The Hall–Kier alpha value is -3.12. The van der Waals surface area contributed by atoms with Crippen molar-refractivity contribution in [1.29, 1.82) is 0 Å². The fraction of sp³-hybridized carbons (Fsp3) is 0.360. The number of hydrogen-bond acceptors (Lipinski definition) is 4. The van der Waals surface area contributed by atoms with Gasteiger partial charge >= 0.3 is 0 Å². The zero-order valence-electron chi connectivity index (χ0n) is 18.5. The smallest absolute Gasteiger partial charge is 0.254 e. The third-order valence-corrected chi connectivity index (χ3v) is 5.75. The van der Waals surface area contributed by atoms with Gasteiger partial charge in [0.15, 0.2) is 0 Å². The van der Waals surface area contributed by atoms with Gasteiger partial charge < -0.3 is 14.5 Å². The normalized spacial score (nSPS) is 15.8. The van der Waals surface area contributed by atoms with Gasteiger partial charge in [-0.1, -0.05) is 12.1 Å². The third-order valence-electron chi connectivity index (χ3n) is 5.75. The molecule has 1 saturated heterocycles. The summed E-state index contributed by atoms with van der Waals surface area (Å²) in [6, 6.07) is 18.0.